The normalized spacial score (nSPS) is 13.6. The minimum absolute atomic E-state index is 0.0316. The molecule has 1 aliphatic rings. The second-order valence-electron chi connectivity index (χ2n) is 7.91. The Kier molecular flexibility index (Phi) is 4.87. The van der Waals surface area contributed by atoms with Crippen LogP contribution in [0.4, 0.5) is 0 Å². The van der Waals surface area contributed by atoms with Crippen LogP contribution in [0.1, 0.15) is 41.1 Å². The second kappa shape index (κ2) is 7.69. The van der Waals surface area contributed by atoms with Gasteiger partial charge in [-0.25, -0.2) is 4.98 Å². The topological polar surface area (TPSA) is 78.0 Å². The lowest BCUT2D eigenvalue weighted by Gasteiger charge is -2.14. The molecule has 4 aromatic rings. The molecule has 2 heterocycles. The Morgan fingerprint density at radius 1 is 1.10 bits per heavy atom. The highest BCUT2D eigenvalue weighted by Crippen LogP contribution is 2.34. The number of nitrogens with two attached hydrogens (primary N) is 1. The van der Waals surface area contributed by atoms with E-state index in [0.717, 1.165) is 45.8 Å². The summed E-state index contributed by atoms with van der Waals surface area (Å²) in [5, 5.41) is 3.07. The summed E-state index contributed by atoms with van der Waals surface area (Å²) in [7, 11) is 0. The smallest absolute Gasteiger partial charge is 0.262 e. The predicted octanol–water partition coefficient (Wildman–Crippen LogP) is 3.96. The van der Waals surface area contributed by atoms with Crippen molar-refractivity contribution in [2.75, 3.05) is 0 Å². The molecule has 0 bridgehead atoms. The summed E-state index contributed by atoms with van der Waals surface area (Å²) in [6.45, 7) is 0.266. The molecular weight excluding hydrogens is 394 g/mol. The van der Waals surface area contributed by atoms with E-state index in [1.54, 1.807) is 15.9 Å². The number of amides is 1. The SMILES string of the molecule is NC(=O)CCn1c(Cc2cccc3ccccc23)nc2sc3c(c2c1=O)CCCC3. The molecule has 0 aliphatic heterocycles. The fourth-order valence-corrected chi connectivity index (χ4v) is 5.76. The molecule has 152 valence electrons. The van der Waals surface area contributed by atoms with Crippen molar-refractivity contribution < 1.29 is 4.79 Å². The van der Waals surface area contributed by atoms with Crippen molar-refractivity contribution in [3.05, 3.63) is 74.6 Å². The van der Waals surface area contributed by atoms with Crippen molar-refractivity contribution in [2.24, 2.45) is 5.73 Å². The molecule has 5 nitrogen and oxygen atoms in total. The van der Waals surface area contributed by atoms with Crippen LogP contribution in [-0.2, 0) is 30.6 Å². The summed E-state index contributed by atoms with van der Waals surface area (Å²) < 4.78 is 1.68. The Morgan fingerprint density at radius 2 is 1.90 bits per heavy atom. The molecule has 0 radical (unpaired) electrons. The van der Waals surface area contributed by atoms with Crippen LogP contribution in [0.5, 0.6) is 0 Å². The third-order valence-corrected chi connectivity index (χ3v) is 7.15. The summed E-state index contributed by atoms with van der Waals surface area (Å²) >= 11 is 1.66. The highest BCUT2D eigenvalue weighted by Gasteiger charge is 2.22. The minimum atomic E-state index is -0.412. The molecule has 1 amide bonds. The Balaban J connectivity index is 1.68. The number of fused-ring (bicyclic) bond motifs is 4. The average molecular weight is 418 g/mol. The Hall–Kier alpha value is -2.99. The van der Waals surface area contributed by atoms with Gasteiger partial charge in [0.15, 0.2) is 0 Å². The molecule has 0 fully saturated rings. The molecule has 6 heteroatoms. The van der Waals surface area contributed by atoms with Crippen LogP contribution in [0.15, 0.2) is 47.3 Å². The monoisotopic (exact) mass is 417 g/mol. The molecule has 1 aliphatic carbocycles. The number of thiophene rings is 1. The first-order valence-electron chi connectivity index (χ1n) is 10.4. The van der Waals surface area contributed by atoms with Crippen molar-refractivity contribution in [1.29, 1.82) is 0 Å². The lowest BCUT2D eigenvalue weighted by molar-refractivity contribution is -0.118. The largest absolute Gasteiger partial charge is 0.370 e. The van der Waals surface area contributed by atoms with Crippen molar-refractivity contribution >= 4 is 38.2 Å². The van der Waals surface area contributed by atoms with E-state index >= 15 is 0 Å². The third kappa shape index (κ3) is 3.31. The Bertz CT molecular complexity index is 1330. The fraction of sp³-hybridized carbons (Fsp3) is 0.292. The number of nitrogens with zero attached hydrogens (tertiary/aromatic N) is 2. The Morgan fingerprint density at radius 3 is 2.77 bits per heavy atom. The van der Waals surface area contributed by atoms with Gasteiger partial charge in [-0.05, 0) is 47.6 Å². The van der Waals surface area contributed by atoms with Crippen LogP contribution in [0.3, 0.4) is 0 Å². The van der Waals surface area contributed by atoms with E-state index < -0.39 is 5.91 Å². The summed E-state index contributed by atoms with van der Waals surface area (Å²) in [5.74, 6) is 0.286. The summed E-state index contributed by atoms with van der Waals surface area (Å²) in [5.41, 5.74) is 7.66. The first kappa shape index (κ1) is 19.0. The van der Waals surface area contributed by atoms with Gasteiger partial charge in [-0.2, -0.15) is 0 Å². The lowest BCUT2D eigenvalue weighted by atomic mass is 9.97. The average Bonchev–Trinajstić information content (AvgIpc) is 3.12. The molecule has 2 N–H and O–H groups in total. The van der Waals surface area contributed by atoms with E-state index in [4.69, 9.17) is 10.7 Å². The number of hydrogen-bond donors (Lipinski definition) is 1. The molecule has 2 aromatic carbocycles. The summed E-state index contributed by atoms with van der Waals surface area (Å²) in [6.07, 6.45) is 4.90. The second-order valence-corrected chi connectivity index (χ2v) is 8.99. The van der Waals surface area contributed by atoms with E-state index in [1.165, 1.54) is 16.9 Å². The van der Waals surface area contributed by atoms with E-state index in [-0.39, 0.29) is 18.5 Å². The van der Waals surface area contributed by atoms with Crippen molar-refractivity contribution in [3.63, 3.8) is 0 Å². The van der Waals surface area contributed by atoms with Gasteiger partial charge < -0.3 is 5.73 Å². The number of rotatable bonds is 5. The van der Waals surface area contributed by atoms with Gasteiger partial charge in [-0.3, -0.25) is 14.2 Å². The van der Waals surface area contributed by atoms with Gasteiger partial charge in [-0.15, -0.1) is 11.3 Å². The molecule has 0 saturated carbocycles. The van der Waals surface area contributed by atoms with E-state index in [2.05, 4.69) is 24.3 Å². The zero-order valence-electron chi connectivity index (χ0n) is 16.7. The number of aryl methyl sites for hydroxylation is 2. The zero-order valence-corrected chi connectivity index (χ0v) is 17.5. The molecular formula is C24H23N3O2S. The van der Waals surface area contributed by atoms with Gasteiger partial charge in [0.25, 0.3) is 5.56 Å². The van der Waals surface area contributed by atoms with Crippen LogP contribution in [-0.4, -0.2) is 15.5 Å². The van der Waals surface area contributed by atoms with E-state index in [0.29, 0.717) is 12.2 Å². The lowest BCUT2D eigenvalue weighted by Crippen LogP contribution is -2.28. The van der Waals surface area contributed by atoms with Gasteiger partial charge >= 0.3 is 0 Å². The molecule has 0 spiro atoms. The molecule has 2 aromatic heterocycles. The molecule has 0 saturated heterocycles. The first-order chi connectivity index (χ1) is 14.6. The summed E-state index contributed by atoms with van der Waals surface area (Å²) in [4.78, 5) is 32.1. The van der Waals surface area contributed by atoms with Gasteiger partial charge in [-0.1, -0.05) is 42.5 Å². The zero-order chi connectivity index (χ0) is 20.7. The molecule has 30 heavy (non-hydrogen) atoms. The van der Waals surface area contributed by atoms with Gasteiger partial charge in [0.2, 0.25) is 5.91 Å². The quantitative estimate of drug-likeness (QED) is 0.534. The maximum absolute atomic E-state index is 13.5. The third-order valence-electron chi connectivity index (χ3n) is 5.96. The predicted molar refractivity (Wildman–Crippen MR) is 121 cm³/mol. The van der Waals surface area contributed by atoms with Crippen LogP contribution in [0.25, 0.3) is 21.0 Å². The fourth-order valence-electron chi connectivity index (χ4n) is 4.49. The molecule has 0 unspecified atom stereocenters. The van der Waals surface area contributed by atoms with Crippen molar-refractivity contribution in [3.8, 4) is 0 Å². The minimum Gasteiger partial charge on any atom is -0.370 e. The van der Waals surface area contributed by atoms with Gasteiger partial charge in [0, 0.05) is 24.3 Å². The first-order valence-corrected chi connectivity index (χ1v) is 11.2. The molecule has 0 atom stereocenters. The maximum Gasteiger partial charge on any atom is 0.262 e. The number of carbonyl (C=O) groups is 1. The van der Waals surface area contributed by atoms with Crippen LogP contribution in [0.2, 0.25) is 0 Å². The molecule has 5 rings (SSSR count). The standard InChI is InChI=1S/C24H23N3O2S/c25-20(28)12-13-27-21(14-16-8-5-7-15-6-1-2-9-17(15)16)26-23-22(24(27)29)18-10-3-4-11-19(18)30-23/h1-2,5-9H,3-4,10-14H2,(H2,25,28). The highest BCUT2D eigenvalue weighted by atomic mass is 32.1. The highest BCUT2D eigenvalue weighted by molar-refractivity contribution is 7.18. The maximum atomic E-state index is 13.5. The number of hydrogen-bond acceptors (Lipinski definition) is 4. The summed E-state index contributed by atoms with van der Waals surface area (Å²) in [6, 6.07) is 14.4. The van der Waals surface area contributed by atoms with Gasteiger partial charge in [0.1, 0.15) is 10.7 Å². The van der Waals surface area contributed by atoms with Crippen molar-refractivity contribution in [2.45, 2.75) is 45.1 Å². The van der Waals surface area contributed by atoms with Crippen molar-refractivity contribution in [1.82, 2.24) is 9.55 Å². The van der Waals surface area contributed by atoms with Gasteiger partial charge in [0.05, 0.1) is 5.39 Å². The number of aromatic nitrogens is 2. The van der Waals surface area contributed by atoms with Crippen LogP contribution in [0, 0.1) is 0 Å². The number of carbonyl (C=O) groups excluding carboxylic acids is 1. The van der Waals surface area contributed by atoms with E-state index in [9.17, 15) is 9.59 Å². The van der Waals surface area contributed by atoms with Crippen LogP contribution < -0.4 is 11.3 Å². The number of primary amides is 1. The van der Waals surface area contributed by atoms with Crippen LogP contribution >= 0.6 is 11.3 Å². The Labute approximate surface area is 178 Å². The number of benzene rings is 2. The van der Waals surface area contributed by atoms with E-state index in [1.807, 2.05) is 18.2 Å².